The molecule has 3 radical (unpaired) electrons. The number of aliphatic imine (C=N–C) groups is 1. The molecule has 0 bridgehead atoms. The third-order valence-corrected chi connectivity index (χ3v) is 1.10. The summed E-state index contributed by atoms with van der Waals surface area (Å²) in [5, 5.41) is 0. The first-order valence-corrected chi connectivity index (χ1v) is 2.92. The minimum atomic E-state index is -0.469. The molecule has 0 saturated heterocycles. The Morgan fingerprint density at radius 1 is 1.78 bits per heavy atom. The SMILES string of the molecule is CCN1[C]C(CF)N=[C]1. The lowest BCUT2D eigenvalue weighted by molar-refractivity contribution is 0.426. The second kappa shape index (κ2) is 2.80. The molecule has 0 aliphatic carbocycles. The Balaban J connectivity index is 2.31. The largest absolute Gasteiger partial charge is 0.341 e. The number of hydrogen-bond acceptors (Lipinski definition) is 2. The van der Waals surface area contributed by atoms with Gasteiger partial charge in [-0.15, -0.1) is 0 Å². The monoisotopic (exact) mass is 127 g/mol. The van der Waals surface area contributed by atoms with Crippen molar-refractivity contribution in [1.29, 1.82) is 0 Å². The van der Waals surface area contributed by atoms with E-state index in [1.165, 1.54) is 0 Å². The second-order valence-electron chi connectivity index (χ2n) is 1.77. The van der Waals surface area contributed by atoms with Gasteiger partial charge in [-0.05, 0) is 6.92 Å². The molecule has 1 aliphatic heterocycles. The molecular weight excluding hydrogens is 119 g/mol. The highest BCUT2D eigenvalue weighted by molar-refractivity contribution is 5.59. The molecule has 0 saturated carbocycles. The van der Waals surface area contributed by atoms with Crippen LogP contribution in [0.25, 0.3) is 0 Å². The van der Waals surface area contributed by atoms with Gasteiger partial charge in [0.15, 0.2) is 6.34 Å². The highest BCUT2D eigenvalue weighted by atomic mass is 19.1. The van der Waals surface area contributed by atoms with Gasteiger partial charge in [-0.2, -0.15) is 0 Å². The van der Waals surface area contributed by atoms with E-state index in [-0.39, 0.29) is 0 Å². The fraction of sp³-hybridized carbons (Fsp3) is 0.667. The quantitative estimate of drug-likeness (QED) is 0.530. The molecule has 9 heavy (non-hydrogen) atoms. The zero-order chi connectivity index (χ0) is 6.69. The fourth-order valence-corrected chi connectivity index (χ4v) is 0.608. The minimum Gasteiger partial charge on any atom is -0.341 e. The number of rotatable bonds is 2. The van der Waals surface area contributed by atoms with Gasteiger partial charge in [0.05, 0.1) is 0 Å². The number of nitrogens with zero attached hydrogens (tertiary/aromatic N) is 2. The average molecular weight is 127 g/mol. The Hall–Kier alpha value is -0.600. The van der Waals surface area contributed by atoms with Crippen molar-refractivity contribution in [3.63, 3.8) is 0 Å². The summed E-state index contributed by atoms with van der Waals surface area (Å²) in [6, 6.07) is -0.398. The Morgan fingerprint density at radius 3 is 2.89 bits per heavy atom. The van der Waals surface area contributed by atoms with Gasteiger partial charge in [0.1, 0.15) is 19.3 Å². The highest BCUT2D eigenvalue weighted by Crippen LogP contribution is 2.07. The topological polar surface area (TPSA) is 15.6 Å². The standard InChI is InChI=1S/C6H8FN2/c1-2-9-4-6(3-7)8-5-9/h6H,2-3H2,1H3. The second-order valence-corrected chi connectivity index (χ2v) is 1.77. The van der Waals surface area contributed by atoms with E-state index >= 15 is 0 Å². The molecule has 0 aromatic rings. The molecule has 2 nitrogen and oxygen atoms in total. The van der Waals surface area contributed by atoms with Crippen LogP contribution in [0.4, 0.5) is 4.39 Å². The maximum atomic E-state index is 11.8. The summed E-state index contributed by atoms with van der Waals surface area (Å²) in [5.74, 6) is 0. The van der Waals surface area contributed by atoms with Crippen molar-refractivity contribution in [2.24, 2.45) is 4.99 Å². The van der Waals surface area contributed by atoms with Crippen LogP contribution in [0, 0.1) is 6.54 Å². The zero-order valence-electron chi connectivity index (χ0n) is 5.26. The van der Waals surface area contributed by atoms with E-state index in [2.05, 4.69) is 17.9 Å². The predicted molar refractivity (Wildman–Crippen MR) is 32.8 cm³/mol. The van der Waals surface area contributed by atoms with Gasteiger partial charge in [-0.1, -0.05) is 0 Å². The normalized spacial score (nSPS) is 25.6. The van der Waals surface area contributed by atoms with E-state index < -0.39 is 12.7 Å². The third-order valence-electron chi connectivity index (χ3n) is 1.10. The van der Waals surface area contributed by atoms with Crippen LogP contribution in [0.15, 0.2) is 4.99 Å². The van der Waals surface area contributed by atoms with Crippen molar-refractivity contribution in [2.75, 3.05) is 13.2 Å². The first-order valence-electron chi connectivity index (χ1n) is 2.92. The number of alkyl halides is 1. The van der Waals surface area contributed by atoms with Gasteiger partial charge in [0, 0.05) is 6.54 Å². The van der Waals surface area contributed by atoms with Crippen LogP contribution in [0.2, 0.25) is 0 Å². The van der Waals surface area contributed by atoms with Crippen LogP contribution in [0.5, 0.6) is 0 Å². The van der Waals surface area contributed by atoms with Gasteiger partial charge in [-0.25, -0.2) is 4.39 Å². The number of likely N-dealkylation sites (N-methyl/N-ethyl adjacent to an activating group) is 1. The molecule has 0 amide bonds. The summed E-state index contributed by atoms with van der Waals surface area (Å²) < 4.78 is 11.8. The Kier molecular flexibility index (Phi) is 2.03. The van der Waals surface area contributed by atoms with E-state index in [1.54, 1.807) is 4.90 Å². The summed E-state index contributed by atoms with van der Waals surface area (Å²) >= 11 is 0. The molecule has 3 heteroatoms. The lowest BCUT2D eigenvalue weighted by Gasteiger charge is -2.07. The molecule has 49 valence electrons. The molecule has 0 N–H and O–H groups in total. The maximum Gasteiger partial charge on any atom is 0.168 e. The van der Waals surface area contributed by atoms with E-state index in [4.69, 9.17) is 0 Å². The van der Waals surface area contributed by atoms with Crippen LogP contribution in [-0.4, -0.2) is 30.5 Å². The van der Waals surface area contributed by atoms with Crippen molar-refractivity contribution in [1.82, 2.24) is 4.90 Å². The van der Waals surface area contributed by atoms with Crippen molar-refractivity contribution >= 4 is 6.34 Å². The van der Waals surface area contributed by atoms with Crippen LogP contribution < -0.4 is 0 Å². The Bertz CT molecular complexity index is 102. The lowest BCUT2D eigenvalue weighted by atomic mass is 10.3. The third kappa shape index (κ3) is 1.40. The molecule has 0 fully saturated rings. The number of halogens is 1. The summed E-state index contributed by atoms with van der Waals surface area (Å²) in [6.45, 7) is 5.01. The van der Waals surface area contributed by atoms with Crippen LogP contribution in [0.1, 0.15) is 6.92 Å². The molecule has 0 spiro atoms. The average Bonchev–Trinajstić information content (AvgIpc) is 2.34. The molecule has 0 aromatic heterocycles. The summed E-state index contributed by atoms with van der Waals surface area (Å²) in [7, 11) is 0. The van der Waals surface area contributed by atoms with Crippen molar-refractivity contribution < 1.29 is 4.39 Å². The molecule has 1 rings (SSSR count). The Labute approximate surface area is 54.4 Å². The summed E-state index contributed by atoms with van der Waals surface area (Å²) in [4.78, 5) is 5.33. The fourth-order valence-electron chi connectivity index (χ4n) is 0.608. The predicted octanol–water partition coefficient (Wildman–Crippen LogP) is 0.604. The zero-order valence-corrected chi connectivity index (χ0v) is 5.26. The van der Waals surface area contributed by atoms with E-state index in [9.17, 15) is 4.39 Å². The molecule has 0 aromatic carbocycles. The van der Waals surface area contributed by atoms with Gasteiger partial charge >= 0.3 is 0 Å². The Morgan fingerprint density at radius 2 is 2.56 bits per heavy atom. The van der Waals surface area contributed by atoms with Crippen molar-refractivity contribution in [3.8, 4) is 0 Å². The van der Waals surface area contributed by atoms with E-state index in [0.717, 1.165) is 6.54 Å². The minimum absolute atomic E-state index is 0.398. The van der Waals surface area contributed by atoms with Gasteiger partial charge < -0.3 is 4.90 Å². The van der Waals surface area contributed by atoms with E-state index in [0.29, 0.717) is 0 Å². The number of hydrogen-bond donors (Lipinski definition) is 0. The molecule has 1 unspecified atom stereocenters. The van der Waals surface area contributed by atoms with Crippen LogP contribution in [0.3, 0.4) is 0 Å². The van der Waals surface area contributed by atoms with Gasteiger partial charge in [0.2, 0.25) is 0 Å². The summed E-state index contributed by atoms with van der Waals surface area (Å²) in [6.07, 6.45) is 2.61. The highest BCUT2D eigenvalue weighted by Gasteiger charge is 2.17. The van der Waals surface area contributed by atoms with Crippen LogP contribution >= 0.6 is 0 Å². The molecule has 1 aliphatic rings. The summed E-state index contributed by atoms with van der Waals surface area (Å²) in [5.41, 5.74) is 0. The first-order chi connectivity index (χ1) is 4.36. The van der Waals surface area contributed by atoms with Crippen LogP contribution in [-0.2, 0) is 0 Å². The maximum absolute atomic E-state index is 11.8. The van der Waals surface area contributed by atoms with Crippen molar-refractivity contribution in [2.45, 2.75) is 13.0 Å². The smallest absolute Gasteiger partial charge is 0.168 e. The molecular formula is C6H8FN2. The lowest BCUT2D eigenvalue weighted by Crippen LogP contribution is -2.17. The van der Waals surface area contributed by atoms with Gasteiger partial charge in [0.25, 0.3) is 0 Å². The molecule has 1 heterocycles. The van der Waals surface area contributed by atoms with Crippen molar-refractivity contribution in [3.05, 3.63) is 6.54 Å². The molecule has 1 atom stereocenters. The van der Waals surface area contributed by atoms with Gasteiger partial charge in [-0.3, -0.25) is 4.99 Å². The first kappa shape index (κ1) is 6.52. The van der Waals surface area contributed by atoms with E-state index in [1.807, 2.05) is 6.92 Å².